The number of nitrogen functional groups attached to an aromatic ring is 1. The Morgan fingerprint density at radius 3 is 2.55 bits per heavy atom. The molecule has 172 valence electrons. The summed E-state index contributed by atoms with van der Waals surface area (Å²) in [5.41, 5.74) is 14.4. The SMILES string of the molecule is COc1cc(-c2c(C(N)=O)[nH]c(Cl)c2-c2ccc(N)cc2C)ccc1C(=O)NCC1(F)CC1. The molecule has 6 N–H and O–H groups in total. The minimum Gasteiger partial charge on any atom is -0.496 e. The highest BCUT2D eigenvalue weighted by molar-refractivity contribution is 6.34. The lowest BCUT2D eigenvalue weighted by atomic mass is 9.93. The first-order chi connectivity index (χ1) is 15.6. The van der Waals surface area contributed by atoms with Gasteiger partial charge in [-0.15, -0.1) is 0 Å². The van der Waals surface area contributed by atoms with E-state index in [9.17, 15) is 14.0 Å². The molecular formula is C24H24ClFN4O3. The number of hydrogen-bond acceptors (Lipinski definition) is 4. The topological polar surface area (TPSA) is 123 Å². The van der Waals surface area contributed by atoms with Crippen molar-refractivity contribution in [1.82, 2.24) is 10.3 Å². The number of methoxy groups -OCH3 is 1. The van der Waals surface area contributed by atoms with Crippen molar-refractivity contribution in [2.75, 3.05) is 19.4 Å². The average Bonchev–Trinajstić information content (AvgIpc) is 3.41. The second kappa shape index (κ2) is 8.44. The number of rotatable bonds is 7. The highest BCUT2D eigenvalue weighted by atomic mass is 35.5. The van der Waals surface area contributed by atoms with E-state index in [0.29, 0.717) is 35.2 Å². The minimum atomic E-state index is -1.31. The van der Waals surface area contributed by atoms with Crippen LogP contribution in [0.2, 0.25) is 5.15 Å². The van der Waals surface area contributed by atoms with Crippen molar-refractivity contribution in [2.45, 2.75) is 25.4 Å². The molecule has 0 saturated heterocycles. The number of nitrogens with two attached hydrogens (primary N) is 2. The van der Waals surface area contributed by atoms with E-state index >= 15 is 0 Å². The summed E-state index contributed by atoms with van der Waals surface area (Å²) in [6.07, 6.45) is 0.891. The van der Waals surface area contributed by atoms with Gasteiger partial charge in [0.05, 0.1) is 19.2 Å². The normalized spacial score (nSPS) is 14.1. The molecule has 0 spiro atoms. The molecule has 1 aromatic heterocycles. The third-order valence-electron chi connectivity index (χ3n) is 5.81. The van der Waals surface area contributed by atoms with Gasteiger partial charge in [0.2, 0.25) is 0 Å². The molecule has 1 aliphatic carbocycles. The molecule has 0 atom stereocenters. The highest BCUT2D eigenvalue weighted by Crippen LogP contribution is 2.43. The Balaban J connectivity index is 1.81. The summed E-state index contributed by atoms with van der Waals surface area (Å²) in [7, 11) is 1.43. The van der Waals surface area contributed by atoms with E-state index in [4.69, 9.17) is 27.8 Å². The van der Waals surface area contributed by atoms with Crippen LogP contribution in [0, 0.1) is 6.92 Å². The van der Waals surface area contributed by atoms with Crippen molar-refractivity contribution in [1.29, 1.82) is 0 Å². The van der Waals surface area contributed by atoms with Crippen LogP contribution in [0.25, 0.3) is 22.3 Å². The van der Waals surface area contributed by atoms with Crippen LogP contribution >= 0.6 is 11.6 Å². The molecule has 0 radical (unpaired) electrons. The molecule has 1 fully saturated rings. The fourth-order valence-corrected chi connectivity index (χ4v) is 4.13. The van der Waals surface area contributed by atoms with Crippen LogP contribution in [-0.4, -0.2) is 36.1 Å². The van der Waals surface area contributed by atoms with Gasteiger partial charge >= 0.3 is 0 Å². The van der Waals surface area contributed by atoms with E-state index < -0.39 is 17.5 Å². The Morgan fingerprint density at radius 2 is 1.94 bits per heavy atom. The number of hydrogen-bond donors (Lipinski definition) is 4. The number of benzene rings is 2. The molecule has 0 aliphatic heterocycles. The summed E-state index contributed by atoms with van der Waals surface area (Å²) < 4.78 is 19.4. The number of carbonyl (C=O) groups is 2. The van der Waals surface area contributed by atoms with Gasteiger partial charge in [-0.2, -0.15) is 0 Å². The number of primary amides is 1. The van der Waals surface area contributed by atoms with Crippen molar-refractivity contribution in [3.8, 4) is 28.0 Å². The second-order valence-electron chi connectivity index (χ2n) is 8.25. The monoisotopic (exact) mass is 470 g/mol. The predicted molar refractivity (Wildman–Crippen MR) is 126 cm³/mol. The Hall–Kier alpha value is -3.52. The van der Waals surface area contributed by atoms with Gasteiger partial charge in [-0.3, -0.25) is 9.59 Å². The standard InChI is InChI=1S/C24H24ClFN4O3/c1-12-9-14(27)4-6-15(12)19-18(20(22(28)31)30-21(19)25)13-3-5-16(17(10-13)33-2)23(32)29-11-24(26)7-8-24/h3-6,9-10,30H,7-8,11,27H2,1-2H3,(H2,28,31)(H,29,32). The number of alkyl halides is 1. The first-order valence-electron chi connectivity index (χ1n) is 10.4. The van der Waals surface area contributed by atoms with Crippen molar-refractivity contribution in [3.63, 3.8) is 0 Å². The lowest BCUT2D eigenvalue weighted by Crippen LogP contribution is -2.31. The van der Waals surface area contributed by atoms with Crippen molar-refractivity contribution in [2.24, 2.45) is 5.73 Å². The van der Waals surface area contributed by atoms with Gasteiger partial charge in [0.15, 0.2) is 0 Å². The van der Waals surface area contributed by atoms with Gasteiger partial charge in [-0.05, 0) is 60.7 Å². The van der Waals surface area contributed by atoms with Gasteiger partial charge < -0.3 is 26.5 Å². The average molecular weight is 471 g/mol. The molecule has 0 bridgehead atoms. The summed E-state index contributed by atoms with van der Waals surface area (Å²) in [5, 5.41) is 2.85. The summed E-state index contributed by atoms with van der Waals surface area (Å²) >= 11 is 6.51. The van der Waals surface area contributed by atoms with Crippen LogP contribution in [0.15, 0.2) is 36.4 Å². The lowest BCUT2D eigenvalue weighted by Gasteiger charge is -2.14. The quantitative estimate of drug-likeness (QED) is 0.386. The lowest BCUT2D eigenvalue weighted by molar-refractivity contribution is 0.0933. The van der Waals surface area contributed by atoms with Crippen LogP contribution in [0.1, 0.15) is 39.3 Å². The van der Waals surface area contributed by atoms with Crippen LogP contribution in [0.5, 0.6) is 5.75 Å². The second-order valence-corrected chi connectivity index (χ2v) is 8.63. The maximum Gasteiger partial charge on any atom is 0.265 e. The van der Waals surface area contributed by atoms with Crippen LogP contribution in [0.4, 0.5) is 10.1 Å². The number of aromatic amines is 1. The first-order valence-corrected chi connectivity index (χ1v) is 10.7. The number of ether oxygens (including phenoxy) is 1. The largest absolute Gasteiger partial charge is 0.496 e. The summed E-state index contributed by atoms with van der Waals surface area (Å²) in [5.74, 6) is -0.870. The van der Waals surface area contributed by atoms with Crippen LogP contribution in [0.3, 0.4) is 0 Å². The molecule has 0 unspecified atom stereocenters. The van der Waals surface area contributed by atoms with E-state index in [-0.39, 0.29) is 28.7 Å². The van der Waals surface area contributed by atoms with E-state index in [1.54, 1.807) is 30.3 Å². The zero-order valence-electron chi connectivity index (χ0n) is 18.2. The number of anilines is 1. The molecule has 33 heavy (non-hydrogen) atoms. The Bertz CT molecular complexity index is 1270. The number of aryl methyl sites for hydroxylation is 1. The third kappa shape index (κ3) is 4.39. The molecule has 3 aromatic rings. The fourth-order valence-electron chi connectivity index (χ4n) is 3.84. The number of carbonyl (C=O) groups excluding carboxylic acids is 2. The molecule has 2 aromatic carbocycles. The maximum absolute atomic E-state index is 13.9. The number of halogens is 2. The minimum absolute atomic E-state index is 0.0451. The highest BCUT2D eigenvalue weighted by Gasteiger charge is 2.43. The number of nitrogens with one attached hydrogen (secondary N) is 2. The molecule has 9 heteroatoms. The van der Waals surface area contributed by atoms with Crippen LogP contribution < -0.4 is 21.5 Å². The van der Waals surface area contributed by atoms with Crippen molar-refractivity contribution < 1.29 is 18.7 Å². The van der Waals surface area contributed by atoms with Crippen molar-refractivity contribution in [3.05, 3.63) is 58.4 Å². The van der Waals surface area contributed by atoms with E-state index in [1.165, 1.54) is 7.11 Å². The van der Waals surface area contributed by atoms with E-state index in [0.717, 1.165) is 11.1 Å². The third-order valence-corrected chi connectivity index (χ3v) is 6.10. The molecule has 2 amide bonds. The zero-order chi connectivity index (χ0) is 23.9. The molecule has 1 aliphatic rings. The fraction of sp³-hybridized carbons (Fsp3) is 0.250. The number of aromatic nitrogens is 1. The van der Waals surface area contributed by atoms with E-state index in [2.05, 4.69) is 10.3 Å². The van der Waals surface area contributed by atoms with Gasteiger partial charge in [0.25, 0.3) is 11.8 Å². The van der Waals surface area contributed by atoms with Gasteiger partial charge in [-0.1, -0.05) is 23.7 Å². The Labute approximate surface area is 195 Å². The molecule has 1 heterocycles. The molecule has 4 rings (SSSR count). The van der Waals surface area contributed by atoms with Gasteiger partial charge in [0, 0.05) is 16.8 Å². The van der Waals surface area contributed by atoms with E-state index in [1.807, 2.05) is 13.0 Å². The number of H-pyrrole nitrogens is 1. The Morgan fingerprint density at radius 1 is 1.21 bits per heavy atom. The Kier molecular flexibility index (Phi) is 5.80. The molecule has 1 saturated carbocycles. The summed E-state index contributed by atoms with van der Waals surface area (Å²) in [6.45, 7) is 1.84. The number of amides is 2. The van der Waals surface area contributed by atoms with Crippen LogP contribution in [-0.2, 0) is 0 Å². The van der Waals surface area contributed by atoms with Crippen molar-refractivity contribution >= 4 is 29.1 Å². The van der Waals surface area contributed by atoms with Gasteiger partial charge in [0.1, 0.15) is 22.3 Å². The van der Waals surface area contributed by atoms with Gasteiger partial charge in [-0.25, -0.2) is 4.39 Å². The predicted octanol–water partition coefficient (Wildman–Crippen LogP) is 4.23. The first kappa shape index (κ1) is 22.7. The maximum atomic E-state index is 13.9. The molecular weight excluding hydrogens is 447 g/mol. The smallest absolute Gasteiger partial charge is 0.265 e. The zero-order valence-corrected chi connectivity index (χ0v) is 19.0. The summed E-state index contributed by atoms with van der Waals surface area (Å²) in [4.78, 5) is 27.7. The molecule has 7 nitrogen and oxygen atoms in total. The summed E-state index contributed by atoms with van der Waals surface area (Å²) in [6, 6.07) is 10.2.